The topological polar surface area (TPSA) is 117 Å². The minimum atomic E-state index is -0.652. The lowest BCUT2D eigenvalue weighted by atomic mass is 9.78. The number of nitriles is 1. The Morgan fingerprint density at radius 1 is 1.31 bits per heavy atom. The van der Waals surface area contributed by atoms with Crippen molar-refractivity contribution >= 4 is 11.9 Å². The maximum Gasteiger partial charge on any atom is 0.321 e. The van der Waals surface area contributed by atoms with Gasteiger partial charge in [0.2, 0.25) is 5.91 Å². The number of amides is 3. The lowest BCUT2D eigenvalue weighted by molar-refractivity contribution is -0.120. The molecule has 0 aliphatic heterocycles. The van der Waals surface area contributed by atoms with Gasteiger partial charge in [-0.3, -0.25) is 14.9 Å². The van der Waals surface area contributed by atoms with Gasteiger partial charge in [-0.25, -0.2) is 9.48 Å². The Balaban J connectivity index is 2.01. The van der Waals surface area contributed by atoms with Crippen LogP contribution in [0.2, 0.25) is 0 Å². The van der Waals surface area contributed by atoms with Crippen LogP contribution in [-0.4, -0.2) is 27.8 Å². The van der Waals surface area contributed by atoms with E-state index in [0.717, 1.165) is 23.9 Å². The first-order chi connectivity index (χ1) is 12.2. The van der Waals surface area contributed by atoms with Gasteiger partial charge in [-0.05, 0) is 37.7 Å². The van der Waals surface area contributed by atoms with Crippen LogP contribution in [0.3, 0.4) is 0 Å². The molecule has 3 amide bonds. The fraction of sp³-hybridized carbons (Fsp3) is 0.611. The molecule has 3 atom stereocenters. The van der Waals surface area contributed by atoms with Crippen molar-refractivity contribution in [2.24, 2.45) is 11.8 Å². The van der Waals surface area contributed by atoms with Crippen molar-refractivity contribution in [2.45, 2.75) is 59.5 Å². The molecule has 1 fully saturated rings. The highest BCUT2D eigenvalue weighted by molar-refractivity contribution is 5.94. The highest BCUT2D eigenvalue weighted by atomic mass is 16.2. The lowest BCUT2D eigenvalue weighted by Crippen LogP contribution is -2.50. The Labute approximate surface area is 152 Å². The summed E-state index contributed by atoms with van der Waals surface area (Å²) in [5.74, 6) is 0.208. The molecule has 26 heavy (non-hydrogen) atoms. The highest BCUT2D eigenvalue weighted by Crippen LogP contribution is 2.29. The fourth-order valence-corrected chi connectivity index (χ4v) is 3.30. The summed E-state index contributed by atoms with van der Waals surface area (Å²) >= 11 is 0. The van der Waals surface area contributed by atoms with Crippen molar-refractivity contribution in [1.29, 1.82) is 5.26 Å². The van der Waals surface area contributed by atoms with E-state index in [2.05, 4.69) is 29.6 Å². The molecule has 1 heterocycles. The highest BCUT2D eigenvalue weighted by Gasteiger charge is 2.28. The van der Waals surface area contributed by atoms with Crippen LogP contribution >= 0.6 is 0 Å². The number of carbonyl (C=O) groups excluding carboxylic acids is 2. The van der Waals surface area contributed by atoms with Crippen LogP contribution in [0, 0.1) is 37.0 Å². The van der Waals surface area contributed by atoms with Gasteiger partial charge in [0, 0.05) is 6.04 Å². The van der Waals surface area contributed by atoms with E-state index in [-0.39, 0.29) is 11.6 Å². The molecule has 3 unspecified atom stereocenters. The third-order valence-electron chi connectivity index (χ3n) is 5.32. The maximum atomic E-state index is 12.2. The van der Waals surface area contributed by atoms with E-state index < -0.39 is 24.0 Å². The SMILES string of the molecule is Cc1nn(CC(=O)NC(=O)NC2CCCC(C)C2C)c(=O)c(C#N)c1C. The molecule has 0 aromatic carbocycles. The summed E-state index contributed by atoms with van der Waals surface area (Å²) in [7, 11) is 0. The van der Waals surface area contributed by atoms with E-state index in [1.165, 1.54) is 0 Å². The van der Waals surface area contributed by atoms with Crippen molar-refractivity contribution in [1.82, 2.24) is 20.4 Å². The number of imide groups is 1. The van der Waals surface area contributed by atoms with E-state index in [0.29, 0.717) is 23.1 Å². The molecule has 1 aromatic rings. The molecule has 1 saturated carbocycles. The van der Waals surface area contributed by atoms with Crippen LogP contribution in [0.4, 0.5) is 4.79 Å². The molecule has 0 bridgehead atoms. The minimum Gasteiger partial charge on any atom is -0.335 e. The molecule has 0 radical (unpaired) electrons. The number of aryl methyl sites for hydroxylation is 1. The molecule has 140 valence electrons. The number of rotatable bonds is 3. The van der Waals surface area contributed by atoms with Crippen LogP contribution in [0.15, 0.2) is 4.79 Å². The Morgan fingerprint density at radius 2 is 2.00 bits per heavy atom. The van der Waals surface area contributed by atoms with E-state index in [9.17, 15) is 14.4 Å². The predicted molar refractivity (Wildman–Crippen MR) is 95.3 cm³/mol. The smallest absolute Gasteiger partial charge is 0.321 e. The molecule has 1 aliphatic carbocycles. The van der Waals surface area contributed by atoms with Gasteiger partial charge in [-0.2, -0.15) is 10.4 Å². The largest absolute Gasteiger partial charge is 0.335 e. The summed E-state index contributed by atoms with van der Waals surface area (Å²) in [5.41, 5.74) is 0.302. The summed E-state index contributed by atoms with van der Waals surface area (Å²) in [5, 5.41) is 18.2. The van der Waals surface area contributed by atoms with Gasteiger partial charge < -0.3 is 5.32 Å². The number of urea groups is 1. The summed E-state index contributed by atoms with van der Waals surface area (Å²) in [4.78, 5) is 36.4. The van der Waals surface area contributed by atoms with Crippen molar-refractivity contribution in [2.75, 3.05) is 0 Å². The van der Waals surface area contributed by atoms with E-state index in [4.69, 9.17) is 5.26 Å². The Hall–Kier alpha value is -2.69. The second kappa shape index (κ2) is 8.13. The van der Waals surface area contributed by atoms with Crippen LogP contribution < -0.4 is 16.2 Å². The number of hydrogen-bond donors (Lipinski definition) is 2. The van der Waals surface area contributed by atoms with Gasteiger partial charge in [0.05, 0.1) is 5.69 Å². The first-order valence-electron chi connectivity index (χ1n) is 8.83. The summed E-state index contributed by atoms with van der Waals surface area (Å²) < 4.78 is 0.912. The Bertz CT molecular complexity index is 808. The summed E-state index contributed by atoms with van der Waals surface area (Å²) in [6, 6.07) is 1.29. The molecular formula is C18H25N5O3. The zero-order chi connectivity index (χ0) is 19.4. The summed E-state index contributed by atoms with van der Waals surface area (Å²) in [6.07, 6.45) is 3.07. The van der Waals surface area contributed by atoms with Crippen LogP contribution in [0.1, 0.15) is 49.9 Å². The van der Waals surface area contributed by atoms with E-state index in [1.54, 1.807) is 13.8 Å². The number of nitrogens with one attached hydrogen (secondary N) is 2. The average molecular weight is 359 g/mol. The fourth-order valence-electron chi connectivity index (χ4n) is 3.30. The van der Waals surface area contributed by atoms with Gasteiger partial charge in [0.15, 0.2) is 0 Å². The molecule has 8 nitrogen and oxygen atoms in total. The summed E-state index contributed by atoms with van der Waals surface area (Å²) in [6.45, 7) is 7.12. The Kier molecular flexibility index (Phi) is 6.14. The zero-order valence-corrected chi connectivity index (χ0v) is 15.6. The molecule has 1 aliphatic rings. The van der Waals surface area contributed by atoms with E-state index >= 15 is 0 Å². The number of hydrogen-bond acceptors (Lipinski definition) is 5. The first kappa shape index (κ1) is 19.6. The molecule has 2 N–H and O–H groups in total. The van der Waals surface area contributed by atoms with Crippen molar-refractivity contribution in [3.8, 4) is 6.07 Å². The molecule has 0 saturated heterocycles. The number of carbonyl (C=O) groups is 2. The second-order valence-electron chi connectivity index (χ2n) is 7.06. The van der Waals surface area contributed by atoms with Gasteiger partial charge >= 0.3 is 6.03 Å². The molecule has 1 aromatic heterocycles. The second-order valence-corrected chi connectivity index (χ2v) is 7.06. The normalized spacial score (nSPS) is 22.3. The van der Waals surface area contributed by atoms with Crippen LogP contribution in [0.5, 0.6) is 0 Å². The number of nitrogens with zero attached hydrogens (tertiary/aromatic N) is 3. The molecule has 0 spiro atoms. The first-order valence-corrected chi connectivity index (χ1v) is 8.83. The van der Waals surface area contributed by atoms with Crippen molar-refractivity contribution in [3.63, 3.8) is 0 Å². The van der Waals surface area contributed by atoms with Gasteiger partial charge in [-0.15, -0.1) is 0 Å². The molecule has 2 rings (SSSR count). The Morgan fingerprint density at radius 3 is 2.65 bits per heavy atom. The predicted octanol–water partition coefficient (Wildman–Crippen LogP) is 1.38. The molecule has 8 heteroatoms. The third kappa shape index (κ3) is 4.28. The van der Waals surface area contributed by atoms with Gasteiger partial charge in [0.1, 0.15) is 18.2 Å². The lowest BCUT2D eigenvalue weighted by Gasteiger charge is -2.34. The quantitative estimate of drug-likeness (QED) is 0.845. The minimum absolute atomic E-state index is 0.0270. The van der Waals surface area contributed by atoms with Gasteiger partial charge in [0.25, 0.3) is 5.56 Å². The van der Waals surface area contributed by atoms with Crippen molar-refractivity contribution < 1.29 is 9.59 Å². The maximum absolute atomic E-state index is 12.2. The molecular weight excluding hydrogens is 334 g/mol. The number of aromatic nitrogens is 2. The van der Waals surface area contributed by atoms with Crippen molar-refractivity contribution in [3.05, 3.63) is 27.2 Å². The monoisotopic (exact) mass is 359 g/mol. The van der Waals surface area contributed by atoms with Gasteiger partial charge in [-0.1, -0.05) is 26.7 Å². The standard InChI is InChI=1S/C18H25N5O3/c1-10-6-5-7-15(11(10)2)20-18(26)21-16(24)9-23-17(25)14(8-19)12(3)13(4)22-23/h10-11,15H,5-7,9H2,1-4H3,(H2,20,21,24,26). The van der Waals surface area contributed by atoms with Crippen LogP contribution in [0.25, 0.3) is 0 Å². The zero-order valence-electron chi connectivity index (χ0n) is 15.6. The average Bonchev–Trinajstić information content (AvgIpc) is 2.57. The van der Waals surface area contributed by atoms with Crippen LogP contribution in [-0.2, 0) is 11.3 Å². The third-order valence-corrected chi connectivity index (χ3v) is 5.32. The van der Waals surface area contributed by atoms with E-state index in [1.807, 2.05) is 6.07 Å².